The summed E-state index contributed by atoms with van der Waals surface area (Å²) in [6.07, 6.45) is -2.20. The second-order valence-corrected chi connectivity index (χ2v) is 9.41. The van der Waals surface area contributed by atoms with Gasteiger partial charge in [0.05, 0.1) is 5.57 Å². The molecule has 1 aliphatic rings. The third-order valence-corrected chi connectivity index (χ3v) is 5.56. The maximum Gasteiger partial charge on any atom is 0.416 e. The Balaban J connectivity index is 1.87. The van der Waals surface area contributed by atoms with Gasteiger partial charge in [0.1, 0.15) is 21.4 Å². The number of rotatable bonds is 5. The molecule has 6 nitrogen and oxygen atoms in total. The Bertz CT molecular complexity index is 1150. The number of aromatic nitrogens is 1. The van der Waals surface area contributed by atoms with Crippen molar-refractivity contribution in [2.75, 3.05) is 11.9 Å². The van der Waals surface area contributed by atoms with Gasteiger partial charge in [0.25, 0.3) is 5.91 Å². The number of benzene rings is 1. The summed E-state index contributed by atoms with van der Waals surface area (Å²) in [6.45, 7) is 4.58. The predicted octanol–water partition coefficient (Wildman–Crippen LogP) is 6.23. The highest BCUT2D eigenvalue weighted by Crippen LogP contribution is 2.35. The van der Waals surface area contributed by atoms with E-state index < -0.39 is 35.2 Å². The molecule has 2 amide bonds. The van der Waals surface area contributed by atoms with Gasteiger partial charge in [-0.15, -0.1) is 0 Å². The maximum absolute atomic E-state index is 14.3. The van der Waals surface area contributed by atoms with Crippen molar-refractivity contribution >= 4 is 28.3 Å². The van der Waals surface area contributed by atoms with E-state index in [1.165, 1.54) is 24.3 Å². The fourth-order valence-electron chi connectivity index (χ4n) is 3.16. The highest BCUT2D eigenvalue weighted by Gasteiger charge is 2.36. The first kappa shape index (κ1) is 25.4. The summed E-state index contributed by atoms with van der Waals surface area (Å²) < 4.78 is 59.3. The van der Waals surface area contributed by atoms with Crippen molar-refractivity contribution in [2.45, 2.75) is 45.4 Å². The highest BCUT2D eigenvalue weighted by molar-refractivity contribution is 7.19. The van der Waals surface area contributed by atoms with Gasteiger partial charge in [-0.2, -0.15) is 13.2 Å². The number of carbonyl (C=O) groups is 2. The third kappa shape index (κ3) is 6.43. The van der Waals surface area contributed by atoms with E-state index in [1.807, 2.05) is 0 Å². The molecule has 11 heteroatoms. The van der Waals surface area contributed by atoms with Crippen LogP contribution in [0.4, 0.5) is 27.4 Å². The normalized spacial score (nSPS) is 14.2. The first-order valence-corrected chi connectivity index (χ1v) is 11.2. The second-order valence-electron chi connectivity index (χ2n) is 8.41. The molecule has 0 fully saturated rings. The first-order valence-electron chi connectivity index (χ1n) is 10.4. The van der Waals surface area contributed by atoms with E-state index in [9.17, 15) is 27.2 Å². The smallest absolute Gasteiger partial charge is 0.416 e. The molecule has 1 aliphatic carbocycles. The number of alkyl halides is 3. The number of allylic oxidation sites excluding steroid dienone is 2. The van der Waals surface area contributed by atoms with E-state index in [2.05, 4.69) is 15.6 Å². The molecule has 0 saturated heterocycles. The van der Waals surface area contributed by atoms with E-state index in [1.54, 1.807) is 26.8 Å². The van der Waals surface area contributed by atoms with Gasteiger partial charge in [-0.3, -0.25) is 10.1 Å². The molecule has 1 aromatic heterocycles. The average molecular weight is 498 g/mol. The molecule has 3 rings (SSSR count). The van der Waals surface area contributed by atoms with Crippen LogP contribution in [0.2, 0.25) is 0 Å². The van der Waals surface area contributed by atoms with Gasteiger partial charge in [0.15, 0.2) is 5.69 Å². The lowest BCUT2D eigenvalue weighted by Gasteiger charge is -2.20. The summed E-state index contributed by atoms with van der Waals surface area (Å²) >= 11 is 0.846. The number of halogens is 4. The van der Waals surface area contributed by atoms with Crippen molar-refractivity contribution in [3.05, 3.63) is 59.1 Å². The zero-order valence-corrected chi connectivity index (χ0v) is 19.5. The Morgan fingerprint density at radius 2 is 1.79 bits per heavy atom. The fraction of sp³-hybridized carbons (Fsp3) is 0.348. The van der Waals surface area contributed by atoms with Gasteiger partial charge < -0.3 is 10.1 Å². The van der Waals surface area contributed by atoms with Crippen LogP contribution in [0.1, 0.15) is 44.1 Å². The van der Waals surface area contributed by atoms with Crippen molar-refractivity contribution < 1.29 is 31.9 Å². The van der Waals surface area contributed by atoms with Gasteiger partial charge in [-0.1, -0.05) is 35.6 Å². The van der Waals surface area contributed by atoms with E-state index in [0.29, 0.717) is 6.42 Å². The van der Waals surface area contributed by atoms with Crippen LogP contribution in [-0.2, 0) is 4.74 Å². The lowest BCUT2D eigenvalue weighted by molar-refractivity contribution is -0.0899. The zero-order chi connectivity index (χ0) is 25.1. The molecule has 0 radical (unpaired) electrons. The van der Waals surface area contributed by atoms with E-state index in [4.69, 9.17) is 4.74 Å². The number of ether oxygens (including phenoxy) is 1. The molecular formula is C23H23F4N3O3S. The van der Waals surface area contributed by atoms with Gasteiger partial charge >= 0.3 is 12.3 Å². The van der Waals surface area contributed by atoms with Crippen molar-refractivity contribution in [1.29, 1.82) is 0 Å². The van der Waals surface area contributed by atoms with Crippen molar-refractivity contribution in [3.63, 3.8) is 0 Å². The molecule has 182 valence electrons. The van der Waals surface area contributed by atoms with Crippen LogP contribution in [0.5, 0.6) is 0 Å². The Labute approximate surface area is 197 Å². The van der Waals surface area contributed by atoms with E-state index >= 15 is 0 Å². The fourth-order valence-corrected chi connectivity index (χ4v) is 4.13. The Hall–Kier alpha value is -3.21. The summed E-state index contributed by atoms with van der Waals surface area (Å²) in [5, 5.41) is 4.95. The molecule has 1 aromatic carbocycles. The molecule has 0 unspecified atom stereocenters. The molecule has 0 saturated carbocycles. The lowest BCUT2D eigenvalue weighted by atomic mass is 9.97. The molecule has 0 atom stereocenters. The minimum atomic E-state index is -4.54. The van der Waals surface area contributed by atoms with Crippen LogP contribution in [0.25, 0.3) is 10.6 Å². The standard InChI is InChI=1S/C23H23F4N3O3S/c1-22(2,3)33-21(32)30-20-17(29-19(34-20)14-9-5-7-11-16(14)24)18(31)28-12-13-8-4-6-10-15(13)23(25,26)27/h5,7-11H,4,6,12H2,1-3H3,(H,28,31)(H,30,32). The number of nitrogens with one attached hydrogen (secondary N) is 2. The van der Waals surface area contributed by atoms with Gasteiger partial charge in [0.2, 0.25) is 0 Å². The number of carbonyl (C=O) groups excluding carboxylic acids is 2. The molecule has 34 heavy (non-hydrogen) atoms. The quantitative estimate of drug-likeness (QED) is 0.480. The van der Waals surface area contributed by atoms with Crippen LogP contribution >= 0.6 is 11.3 Å². The van der Waals surface area contributed by atoms with Crippen LogP contribution in [0.15, 0.2) is 47.6 Å². The van der Waals surface area contributed by atoms with Crippen LogP contribution in [0, 0.1) is 5.82 Å². The number of nitrogens with zero attached hydrogens (tertiary/aromatic N) is 1. The van der Waals surface area contributed by atoms with Gasteiger partial charge in [-0.05, 0) is 51.3 Å². The lowest BCUT2D eigenvalue weighted by Crippen LogP contribution is -2.31. The van der Waals surface area contributed by atoms with Gasteiger partial charge in [-0.25, -0.2) is 14.2 Å². The first-order chi connectivity index (χ1) is 15.8. The summed E-state index contributed by atoms with van der Waals surface area (Å²) in [5.41, 5.74) is -1.83. The predicted molar refractivity (Wildman–Crippen MR) is 121 cm³/mol. The van der Waals surface area contributed by atoms with E-state index in [-0.39, 0.29) is 39.8 Å². The Kier molecular flexibility index (Phi) is 7.44. The van der Waals surface area contributed by atoms with E-state index in [0.717, 1.165) is 17.4 Å². The summed E-state index contributed by atoms with van der Waals surface area (Å²) in [6, 6.07) is 5.75. The van der Waals surface area contributed by atoms with Crippen LogP contribution in [0.3, 0.4) is 0 Å². The molecule has 0 bridgehead atoms. The molecule has 2 aromatic rings. The monoisotopic (exact) mass is 497 g/mol. The molecule has 1 heterocycles. The number of amides is 2. The third-order valence-electron chi connectivity index (χ3n) is 4.56. The maximum atomic E-state index is 14.3. The van der Waals surface area contributed by atoms with Crippen molar-refractivity contribution in [2.24, 2.45) is 0 Å². The van der Waals surface area contributed by atoms with Crippen LogP contribution < -0.4 is 10.6 Å². The van der Waals surface area contributed by atoms with Crippen molar-refractivity contribution in [1.82, 2.24) is 10.3 Å². The molecule has 2 N–H and O–H groups in total. The largest absolute Gasteiger partial charge is 0.444 e. The SMILES string of the molecule is CC(C)(C)OC(=O)Nc1sc(-c2ccccc2F)nc1C(=O)NCC1=CCCC=C1C(F)(F)F. The highest BCUT2D eigenvalue weighted by atomic mass is 32.1. The minimum Gasteiger partial charge on any atom is -0.444 e. The number of hydrogen-bond acceptors (Lipinski definition) is 5. The van der Waals surface area contributed by atoms with Crippen LogP contribution in [-0.4, -0.2) is 35.3 Å². The summed E-state index contributed by atoms with van der Waals surface area (Å²) in [7, 11) is 0. The summed E-state index contributed by atoms with van der Waals surface area (Å²) in [5.74, 6) is -1.41. The number of anilines is 1. The minimum absolute atomic E-state index is 0.0192. The number of thiazole rings is 1. The van der Waals surface area contributed by atoms with Crippen molar-refractivity contribution in [3.8, 4) is 10.6 Å². The zero-order valence-electron chi connectivity index (χ0n) is 18.7. The Morgan fingerprint density at radius 3 is 2.44 bits per heavy atom. The second kappa shape index (κ2) is 9.96. The summed E-state index contributed by atoms with van der Waals surface area (Å²) in [4.78, 5) is 29.3. The molecular weight excluding hydrogens is 474 g/mol. The molecule has 0 spiro atoms. The average Bonchev–Trinajstić information content (AvgIpc) is 3.14. The number of hydrogen-bond donors (Lipinski definition) is 2. The topological polar surface area (TPSA) is 80.3 Å². The Morgan fingerprint density at radius 1 is 1.12 bits per heavy atom. The van der Waals surface area contributed by atoms with Gasteiger partial charge in [0, 0.05) is 12.1 Å². The molecule has 0 aliphatic heterocycles.